The highest BCUT2D eigenvalue weighted by Crippen LogP contribution is 3.02. The molecule has 6 aliphatic rings. The van der Waals surface area contributed by atoms with Crippen LogP contribution in [-0.2, 0) is 0 Å². The van der Waals surface area contributed by atoms with Crippen molar-refractivity contribution in [2.24, 2.45) is 35.5 Å². The van der Waals surface area contributed by atoms with Crippen LogP contribution in [0.2, 0.25) is 0 Å². The molecule has 6 rings (SSSR count). The molecule has 6 aliphatic carbocycles. The summed E-state index contributed by atoms with van der Waals surface area (Å²) < 4.78 is 0. The molecule has 0 amide bonds. The van der Waals surface area contributed by atoms with Gasteiger partial charge in [-0.1, -0.05) is 0 Å². The van der Waals surface area contributed by atoms with E-state index in [9.17, 15) is 0 Å². The van der Waals surface area contributed by atoms with Crippen LogP contribution in [0.15, 0.2) is 0 Å². The van der Waals surface area contributed by atoms with Crippen molar-refractivity contribution < 1.29 is 0 Å². The first-order valence-corrected chi connectivity index (χ1v) is 3.73. The van der Waals surface area contributed by atoms with E-state index in [2.05, 4.69) is 0 Å². The Morgan fingerprint density at radius 3 is 0.875 bits per heavy atom. The first-order chi connectivity index (χ1) is 4.00. The van der Waals surface area contributed by atoms with Gasteiger partial charge < -0.3 is 0 Å². The van der Waals surface area contributed by atoms with Crippen molar-refractivity contribution in [2.75, 3.05) is 0 Å². The maximum atomic E-state index is 2.03. The fourth-order valence-electron chi connectivity index (χ4n) is 4.45. The minimum atomic E-state index is 1.21. The molecule has 6 saturated carbocycles. The molecule has 0 spiro atoms. The van der Waals surface area contributed by atoms with Gasteiger partial charge in [0.1, 0.15) is 0 Å². The number of hydrogen-bond donors (Lipinski definition) is 0. The fraction of sp³-hybridized carbons (Fsp3) is 0.750. The molecular formula is C8H6. The maximum absolute atomic E-state index is 2.03. The normalized spacial score (nSPS) is 94.5. The maximum Gasteiger partial charge on any atom is -0.0130 e. The first kappa shape index (κ1) is 2.72. The second kappa shape index (κ2) is 0.438. The SMILES string of the molecule is [C]12C3C4[C]5C3C1C5C24. The van der Waals surface area contributed by atoms with Gasteiger partial charge in [0.05, 0.1) is 0 Å². The van der Waals surface area contributed by atoms with Gasteiger partial charge in [0.25, 0.3) is 0 Å². The largest absolute Gasteiger partial charge is 0.0272 e. The zero-order valence-electron chi connectivity index (χ0n) is 4.46. The lowest BCUT2D eigenvalue weighted by atomic mass is 9.01. The van der Waals surface area contributed by atoms with Gasteiger partial charge in [-0.05, 0) is 47.3 Å². The molecule has 0 heterocycles. The second-order valence-electron chi connectivity index (χ2n) is 4.15. The molecule has 0 N–H and O–H groups in total. The summed E-state index contributed by atoms with van der Waals surface area (Å²) in [5, 5.41) is 0. The molecule has 0 bridgehead atoms. The van der Waals surface area contributed by atoms with Gasteiger partial charge in [0.2, 0.25) is 0 Å². The molecule has 0 aromatic rings. The molecule has 0 aromatic heterocycles. The van der Waals surface area contributed by atoms with Gasteiger partial charge >= 0.3 is 0 Å². The average Bonchev–Trinajstić information content (AvgIpc) is 1.90. The molecule has 0 aromatic carbocycles. The standard InChI is InChI=1S/C8H6/c1-2-5-3(1)7-4(1)6(2)8(5)7/h1-3,6-8H. The third kappa shape index (κ3) is 0.0651. The van der Waals surface area contributed by atoms with Crippen LogP contribution >= 0.6 is 0 Å². The van der Waals surface area contributed by atoms with Crippen LogP contribution in [-0.4, -0.2) is 0 Å². The summed E-state index contributed by atoms with van der Waals surface area (Å²) in [6.07, 6.45) is 0. The van der Waals surface area contributed by atoms with Gasteiger partial charge in [-0.25, -0.2) is 0 Å². The Kier molecular flexibility index (Phi) is 0.149. The van der Waals surface area contributed by atoms with Gasteiger partial charge in [-0.15, -0.1) is 0 Å². The van der Waals surface area contributed by atoms with Gasteiger partial charge in [0.15, 0.2) is 0 Å². The summed E-state index contributed by atoms with van der Waals surface area (Å²) in [5.74, 6) is 11.3. The Hall–Kier alpha value is 0. The van der Waals surface area contributed by atoms with Crippen LogP contribution in [0.3, 0.4) is 0 Å². The Morgan fingerprint density at radius 2 is 0.750 bits per heavy atom. The highest BCUT2D eigenvalue weighted by molar-refractivity contribution is 5.67. The highest BCUT2D eigenvalue weighted by Gasteiger charge is 2.98. The fourth-order valence-corrected chi connectivity index (χ4v) is 4.45. The summed E-state index contributed by atoms with van der Waals surface area (Å²) in [7, 11) is 0. The third-order valence-corrected chi connectivity index (χ3v) is 4.63. The minimum absolute atomic E-state index is 1.21. The molecule has 0 aliphatic heterocycles. The Balaban J connectivity index is 2.00. The van der Waals surface area contributed by atoms with Crippen molar-refractivity contribution in [1.29, 1.82) is 0 Å². The van der Waals surface area contributed by atoms with Crippen molar-refractivity contribution in [3.63, 3.8) is 0 Å². The van der Waals surface area contributed by atoms with E-state index in [1.54, 1.807) is 0 Å². The minimum Gasteiger partial charge on any atom is -0.0272 e. The molecule has 38 valence electrons. The lowest BCUT2D eigenvalue weighted by Crippen LogP contribution is -2.98. The summed E-state index contributed by atoms with van der Waals surface area (Å²) in [4.78, 5) is 0. The molecular weight excluding hydrogens is 96.1 g/mol. The van der Waals surface area contributed by atoms with E-state index in [4.69, 9.17) is 0 Å². The van der Waals surface area contributed by atoms with E-state index in [-0.39, 0.29) is 0 Å². The monoisotopic (exact) mass is 102 g/mol. The number of hydrogen-bond acceptors (Lipinski definition) is 0. The zero-order valence-corrected chi connectivity index (χ0v) is 4.46. The smallest absolute Gasteiger partial charge is 0.0130 e. The Labute approximate surface area is 48.3 Å². The predicted molar refractivity (Wildman–Crippen MR) is 27.4 cm³/mol. The Morgan fingerprint density at radius 1 is 0.500 bits per heavy atom. The van der Waals surface area contributed by atoms with E-state index >= 15 is 0 Å². The first-order valence-electron chi connectivity index (χ1n) is 3.73. The molecule has 0 atom stereocenters. The second-order valence-corrected chi connectivity index (χ2v) is 4.15. The van der Waals surface area contributed by atoms with E-state index in [0.717, 1.165) is 0 Å². The van der Waals surface area contributed by atoms with Crippen LogP contribution in [0.5, 0.6) is 0 Å². The van der Waals surface area contributed by atoms with Gasteiger partial charge in [-0.2, -0.15) is 0 Å². The van der Waals surface area contributed by atoms with Crippen LogP contribution in [0.1, 0.15) is 0 Å². The molecule has 0 saturated heterocycles. The van der Waals surface area contributed by atoms with Crippen molar-refractivity contribution in [2.45, 2.75) is 0 Å². The van der Waals surface area contributed by atoms with E-state index in [1.807, 2.05) is 11.8 Å². The lowest BCUT2D eigenvalue weighted by Gasteiger charge is -3.02. The predicted octanol–water partition coefficient (Wildman–Crippen LogP) is 0.901. The quantitative estimate of drug-likeness (QED) is 0.426. The molecule has 0 nitrogen and oxygen atoms in total. The lowest BCUT2D eigenvalue weighted by molar-refractivity contribution is -0.390. The van der Waals surface area contributed by atoms with Crippen LogP contribution in [0.4, 0.5) is 0 Å². The summed E-state index contributed by atoms with van der Waals surface area (Å²) in [5.41, 5.74) is 0. The van der Waals surface area contributed by atoms with Crippen LogP contribution in [0, 0.1) is 47.3 Å². The van der Waals surface area contributed by atoms with E-state index < -0.39 is 0 Å². The van der Waals surface area contributed by atoms with Crippen molar-refractivity contribution in [3.05, 3.63) is 11.8 Å². The number of rotatable bonds is 0. The van der Waals surface area contributed by atoms with Gasteiger partial charge in [-0.3, -0.25) is 0 Å². The summed E-state index contributed by atoms with van der Waals surface area (Å²) in [6, 6.07) is 0. The van der Waals surface area contributed by atoms with Crippen molar-refractivity contribution in [3.8, 4) is 0 Å². The van der Waals surface area contributed by atoms with Gasteiger partial charge in [0, 0.05) is 0 Å². The molecule has 0 unspecified atom stereocenters. The van der Waals surface area contributed by atoms with E-state index in [0.29, 0.717) is 0 Å². The summed E-state index contributed by atoms with van der Waals surface area (Å²) >= 11 is 0. The topological polar surface area (TPSA) is 0 Å². The molecule has 2 radical (unpaired) electrons. The van der Waals surface area contributed by atoms with Crippen molar-refractivity contribution >= 4 is 0 Å². The molecule has 6 fully saturated rings. The molecule has 0 heteroatoms. The summed E-state index contributed by atoms with van der Waals surface area (Å²) in [6.45, 7) is 0. The Bertz CT molecular complexity index is 110. The average molecular weight is 102 g/mol. The zero-order chi connectivity index (χ0) is 4.62. The third-order valence-electron chi connectivity index (χ3n) is 4.63. The van der Waals surface area contributed by atoms with E-state index in [1.165, 1.54) is 35.5 Å². The van der Waals surface area contributed by atoms with Crippen LogP contribution in [0.25, 0.3) is 0 Å². The van der Waals surface area contributed by atoms with Crippen molar-refractivity contribution in [1.82, 2.24) is 0 Å². The van der Waals surface area contributed by atoms with Crippen LogP contribution < -0.4 is 0 Å². The molecule has 8 heavy (non-hydrogen) atoms. The highest BCUT2D eigenvalue weighted by atomic mass is 15.0.